The summed E-state index contributed by atoms with van der Waals surface area (Å²) in [5.41, 5.74) is 4.81. The van der Waals surface area contributed by atoms with Crippen LogP contribution in [-0.2, 0) is 30.2 Å². The van der Waals surface area contributed by atoms with Gasteiger partial charge in [0, 0.05) is 0 Å². The van der Waals surface area contributed by atoms with Gasteiger partial charge in [-0.05, 0) is 79.7 Å². The Bertz CT molecular complexity index is 590. The lowest BCUT2D eigenvalue weighted by atomic mass is 9.86. The van der Waals surface area contributed by atoms with Gasteiger partial charge >= 0.3 is 7.60 Å². The van der Waals surface area contributed by atoms with Crippen LogP contribution in [0.15, 0.2) is 6.07 Å². The molecule has 0 aliphatic carbocycles. The van der Waals surface area contributed by atoms with Gasteiger partial charge in [0.05, 0.1) is 5.30 Å². The van der Waals surface area contributed by atoms with E-state index in [1.165, 1.54) is 16.7 Å². The lowest BCUT2D eigenvalue weighted by Crippen LogP contribution is -2.19. The van der Waals surface area contributed by atoms with Gasteiger partial charge in [0.2, 0.25) is 0 Å². The van der Waals surface area contributed by atoms with Crippen LogP contribution in [0.4, 0.5) is 0 Å². The minimum Gasteiger partial charge on any atom is -0.321 e. The van der Waals surface area contributed by atoms with Crippen LogP contribution in [-0.4, -0.2) is 9.79 Å². The van der Waals surface area contributed by atoms with Crippen molar-refractivity contribution in [3.05, 3.63) is 28.3 Å². The van der Waals surface area contributed by atoms with Crippen LogP contribution in [0.3, 0.4) is 0 Å². The zero-order chi connectivity index (χ0) is 19.6. The number of aryl methyl sites for hydroxylation is 1. The molecule has 0 aliphatic rings. The first kappa shape index (κ1) is 23.4. The fraction of sp³-hybridized carbons (Fsp3) is 0.727. The Hall–Kier alpha value is -0.630. The fourth-order valence-corrected chi connectivity index (χ4v) is 4.60. The van der Waals surface area contributed by atoms with Crippen LogP contribution < -0.4 is 5.30 Å². The maximum atomic E-state index is 12.3. The Morgan fingerprint density at radius 2 is 1.12 bits per heavy atom. The van der Waals surface area contributed by atoms with Crippen molar-refractivity contribution in [3.63, 3.8) is 0 Å². The highest BCUT2D eigenvalue weighted by Gasteiger charge is 2.26. The summed E-state index contributed by atoms with van der Waals surface area (Å²) in [6.45, 7) is 8.70. The summed E-state index contributed by atoms with van der Waals surface area (Å²) in [5, 5.41) is 0.309. The maximum Gasteiger partial charge on any atom is 0.356 e. The molecule has 26 heavy (non-hydrogen) atoms. The Labute approximate surface area is 160 Å². The van der Waals surface area contributed by atoms with Crippen LogP contribution in [0.25, 0.3) is 0 Å². The maximum absolute atomic E-state index is 12.3. The minimum atomic E-state index is -4.26. The van der Waals surface area contributed by atoms with Crippen molar-refractivity contribution in [1.82, 2.24) is 0 Å². The van der Waals surface area contributed by atoms with E-state index < -0.39 is 7.60 Å². The van der Waals surface area contributed by atoms with Gasteiger partial charge in [-0.15, -0.1) is 0 Å². The quantitative estimate of drug-likeness (QED) is 0.420. The average molecular weight is 383 g/mol. The van der Waals surface area contributed by atoms with E-state index in [0.29, 0.717) is 5.30 Å². The standard InChI is InChI=1S/C22H39O3P/c1-5-9-13-18-17-22(26(23,24)25)21(16-12-8-4)20(15-11-7-3)19(18)14-10-6-2/h17H,5-16H2,1-4H3,(H2,23,24,25). The highest BCUT2D eigenvalue weighted by atomic mass is 31.2. The molecule has 0 amide bonds. The predicted octanol–water partition coefficient (Wildman–Crippen LogP) is 5.86. The molecule has 0 heterocycles. The Balaban J connectivity index is 3.60. The summed E-state index contributed by atoms with van der Waals surface area (Å²) in [4.78, 5) is 20.1. The van der Waals surface area contributed by atoms with E-state index >= 15 is 0 Å². The van der Waals surface area contributed by atoms with Crippen LogP contribution in [0.1, 0.15) is 101 Å². The summed E-state index contributed by atoms with van der Waals surface area (Å²) in [7, 11) is -4.26. The summed E-state index contributed by atoms with van der Waals surface area (Å²) in [5.74, 6) is 0. The number of rotatable bonds is 13. The molecule has 3 nitrogen and oxygen atoms in total. The predicted molar refractivity (Wildman–Crippen MR) is 113 cm³/mol. The number of unbranched alkanes of at least 4 members (excludes halogenated alkanes) is 4. The molecular formula is C22H39O3P. The van der Waals surface area contributed by atoms with Crippen molar-refractivity contribution in [1.29, 1.82) is 0 Å². The van der Waals surface area contributed by atoms with Gasteiger partial charge in [0.1, 0.15) is 0 Å². The largest absolute Gasteiger partial charge is 0.356 e. The Kier molecular flexibility index (Phi) is 10.8. The van der Waals surface area contributed by atoms with Gasteiger partial charge in [0.25, 0.3) is 0 Å². The van der Waals surface area contributed by atoms with E-state index in [2.05, 4.69) is 27.7 Å². The van der Waals surface area contributed by atoms with Gasteiger partial charge in [0.15, 0.2) is 0 Å². The van der Waals surface area contributed by atoms with Gasteiger partial charge in [-0.3, -0.25) is 4.57 Å². The molecule has 0 saturated carbocycles. The summed E-state index contributed by atoms with van der Waals surface area (Å²) >= 11 is 0. The molecule has 0 unspecified atom stereocenters. The van der Waals surface area contributed by atoms with Crippen molar-refractivity contribution in [2.24, 2.45) is 0 Å². The molecule has 2 N–H and O–H groups in total. The lowest BCUT2D eigenvalue weighted by molar-refractivity contribution is 0.387. The van der Waals surface area contributed by atoms with E-state index in [0.717, 1.165) is 82.6 Å². The summed E-state index contributed by atoms with van der Waals surface area (Å²) < 4.78 is 12.3. The first-order chi connectivity index (χ1) is 12.4. The van der Waals surface area contributed by atoms with Gasteiger partial charge in [-0.25, -0.2) is 0 Å². The van der Waals surface area contributed by atoms with Crippen molar-refractivity contribution in [2.75, 3.05) is 0 Å². The molecular weight excluding hydrogens is 343 g/mol. The molecule has 4 heteroatoms. The summed E-state index contributed by atoms with van der Waals surface area (Å²) in [6, 6.07) is 1.86. The second kappa shape index (κ2) is 12.0. The van der Waals surface area contributed by atoms with Crippen LogP contribution >= 0.6 is 7.60 Å². The topological polar surface area (TPSA) is 57.5 Å². The highest BCUT2D eigenvalue weighted by molar-refractivity contribution is 7.60. The SMILES string of the molecule is CCCCc1cc(P(=O)(O)O)c(CCCC)c(CCCC)c1CCCC. The third kappa shape index (κ3) is 6.83. The Morgan fingerprint density at radius 1 is 0.692 bits per heavy atom. The molecule has 0 aromatic heterocycles. The van der Waals surface area contributed by atoms with Crippen LogP contribution in [0.2, 0.25) is 0 Å². The fourth-order valence-electron chi connectivity index (χ4n) is 3.67. The molecule has 1 aromatic carbocycles. The molecule has 0 atom stereocenters. The molecule has 150 valence electrons. The monoisotopic (exact) mass is 382 g/mol. The van der Waals surface area contributed by atoms with Crippen LogP contribution in [0.5, 0.6) is 0 Å². The van der Waals surface area contributed by atoms with E-state index in [1.54, 1.807) is 0 Å². The smallest absolute Gasteiger partial charge is 0.321 e. The number of benzene rings is 1. The number of hydrogen-bond donors (Lipinski definition) is 2. The normalized spacial score (nSPS) is 11.9. The first-order valence-electron chi connectivity index (χ1n) is 10.6. The molecule has 0 saturated heterocycles. The van der Waals surface area contributed by atoms with Crippen molar-refractivity contribution in [3.8, 4) is 0 Å². The zero-order valence-corrected chi connectivity index (χ0v) is 18.2. The molecule has 1 rings (SSSR count). The molecule has 0 bridgehead atoms. The number of hydrogen-bond acceptors (Lipinski definition) is 1. The van der Waals surface area contributed by atoms with E-state index in [-0.39, 0.29) is 0 Å². The lowest BCUT2D eigenvalue weighted by Gasteiger charge is -2.23. The highest BCUT2D eigenvalue weighted by Crippen LogP contribution is 2.39. The first-order valence-corrected chi connectivity index (χ1v) is 12.2. The Morgan fingerprint density at radius 3 is 1.58 bits per heavy atom. The van der Waals surface area contributed by atoms with Crippen molar-refractivity contribution >= 4 is 12.9 Å². The third-order valence-corrected chi connectivity index (χ3v) is 6.22. The summed E-state index contributed by atoms with van der Waals surface area (Å²) in [6.07, 6.45) is 12.3. The van der Waals surface area contributed by atoms with Crippen molar-refractivity contribution < 1.29 is 14.4 Å². The molecule has 0 spiro atoms. The van der Waals surface area contributed by atoms with Gasteiger partial charge < -0.3 is 9.79 Å². The van der Waals surface area contributed by atoms with E-state index in [4.69, 9.17) is 0 Å². The molecule has 1 aromatic rings. The minimum absolute atomic E-state index is 0.309. The average Bonchev–Trinajstić information content (AvgIpc) is 2.60. The van der Waals surface area contributed by atoms with Gasteiger partial charge in [-0.1, -0.05) is 53.4 Å². The second-order valence-corrected chi connectivity index (χ2v) is 9.02. The second-order valence-electron chi connectivity index (χ2n) is 7.45. The van der Waals surface area contributed by atoms with E-state index in [1.807, 2.05) is 6.07 Å². The molecule has 0 radical (unpaired) electrons. The zero-order valence-electron chi connectivity index (χ0n) is 17.3. The van der Waals surface area contributed by atoms with Crippen LogP contribution in [0, 0.1) is 0 Å². The van der Waals surface area contributed by atoms with Gasteiger partial charge in [-0.2, -0.15) is 0 Å². The molecule has 0 aliphatic heterocycles. The molecule has 0 fully saturated rings. The van der Waals surface area contributed by atoms with Crippen molar-refractivity contribution in [2.45, 2.75) is 105 Å². The van der Waals surface area contributed by atoms with E-state index in [9.17, 15) is 14.4 Å². The third-order valence-electron chi connectivity index (χ3n) is 5.19.